The molecule has 2 rings (SSSR count). The lowest BCUT2D eigenvalue weighted by Gasteiger charge is -2.21. The second kappa shape index (κ2) is 12.2. The number of allylic oxidation sites excluding steroid dienone is 3. The molecule has 10 heteroatoms. The third-order valence-electron chi connectivity index (χ3n) is 5.08. The largest absolute Gasteiger partial charge is 0.375 e. The summed E-state index contributed by atoms with van der Waals surface area (Å²) < 4.78 is 60.5. The van der Waals surface area contributed by atoms with Crippen LogP contribution in [-0.2, 0) is 20.2 Å². The van der Waals surface area contributed by atoms with Gasteiger partial charge in [-0.3, -0.25) is 9.11 Å². The Balaban J connectivity index is 1.74. The van der Waals surface area contributed by atoms with Crippen molar-refractivity contribution in [3.8, 4) is 0 Å². The molecule has 0 aromatic heterocycles. The molecule has 0 bridgehead atoms. The molecule has 0 saturated heterocycles. The molecule has 8 nitrogen and oxygen atoms in total. The maximum Gasteiger partial charge on any atom is 0.264 e. The predicted molar refractivity (Wildman–Crippen MR) is 129 cm³/mol. The Labute approximate surface area is 191 Å². The number of hydrogen-bond donors (Lipinski definition) is 2. The SMILES string of the molecule is CN(CCCCS(=O)(=O)O)c1ccc(C=CC2=CCN(CCCCS(=O)(=O)O)C=C2)cc1. The quantitative estimate of drug-likeness (QED) is 0.324. The van der Waals surface area contributed by atoms with E-state index in [9.17, 15) is 16.8 Å². The van der Waals surface area contributed by atoms with E-state index in [0.29, 0.717) is 32.2 Å². The van der Waals surface area contributed by atoms with E-state index in [-0.39, 0.29) is 11.5 Å². The third kappa shape index (κ3) is 10.9. The van der Waals surface area contributed by atoms with Crippen molar-refractivity contribution < 1.29 is 25.9 Å². The van der Waals surface area contributed by atoms with Crippen molar-refractivity contribution >= 4 is 32.0 Å². The third-order valence-corrected chi connectivity index (χ3v) is 6.69. The highest BCUT2D eigenvalue weighted by atomic mass is 32.2. The van der Waals surface area contributed by atoms with Crippen LogP contribution in [0.1, 0.15) is 31.2 Å². The lowest BCUT2D eigenvalue weighted by molar-refractivity contribution is 0.398. The van der Waals surface area contributed by atoms with Gasteiger partial charge in [-0.2, -0.15) is 16.8 Å². The Morgan fingerprint density at radius 3 is 2.12 bits per heavy atom. The average molecular weight is 485 g/mol. The lowest BCUT2D eigenvalue weighted by atomic mass is 10.1. The molecule has 2 N–H and O–H groups in total. The van der Waals surface area contributed by atoms with Gasteiger partial charge in [0.2, 0.25) is 0 Å². The molecule has 0 aliphatic carbocycles. The molecule has 0 spiro atoms. The molecular weight excluding hydrogens is 452 g/mol. The van der Waals surface area contributed by atoms with Gasteiger partial charge < -0.3 is 9.80 Å². The highest BCUT2D eigenvalue weighted by Crippen LogP contribution is 2.17. The zero-order valence-electron chi connectivity index (χ0n) is 18.3. The molecule has 1 heterocycles. The van der Waals surface area contributed by atoms with Crippen LogP contribution in [0.15, 0.2) is 54.3 Å². The van der Waals surface area contributed by atoms with Gasteiger partial charge in [-0.15, -0.1) is 0 Å². The molecule has 0 radical (unpaired) electrons. The van der Waals surface area contributed by atoms with Crippen molar-refractivity contribution in [2.75, 3.05) is 43.1 Å². The molecule has 0 unspecified atom stereocenters. The van der Waals surface area contributed by atoms with Crippen molar-refractivity contribution in [1.82, 2.24) is 4.90 Å². The molecule has 32 heavy (non-hydrogen) atoms. The first-order chi connectivity index (χ1) is 15.0. The van der Waals surface area contributed by atoms with Gasteiger partial charge in [-0.25, -0.2) is 0 Å². The summed E-state index contributed by atoms with van der Waals surface area (Å²) in [7, 11) is -5.82. The molecular formula is C22H32N2O6S2. The molecule has 0 saturated carbocycles. The highest BCUT2D eigenvalue weighted by molar-refractivity contribution is 7.86. The van der Waals surface area contributed by atoms with Gasteiger partial charge in [0, 0.05) is 32.4 Å². The maximum absolute atomic E-state index is 10.8. The zero-order chi connectivity index (χ0) is 23.6. The van der Waals surface area contributed by atoms with Gasteiger partial charge >= 0.3 is 0 Å². The maximum atomic E-state index is 10.8. The van der Waals surface area contributed by atoms with E-state index in [4.69, 9.17) is 9.11 Å². The number of benzene rings is 1. The zero-order valence-corrected chi connectivity index (χ0v) is 19.9. The lowest BCUT2D eigenvalue weighted by Crippen LogP contribution is -2.21. The molecule has 0 amide bonds. The van der Waals surface area contributed by atoms with Crippen molar-refractivity contribution in [3.05, 3.63) is 59.8 Å². The molecule has 1 aliphatic rings. The molecule has 0 atom stereocenters. The number of rotatable bonds is 13. The number of hydrogen-bond acceptors (Lipinski definition) is 6. The first kappa shape index (κ1) is 26.1. The number of nitrogens with zero attached hydrogens (tertiary/aromatic N) is 2. The molecule has 178 valence electrons. The summed E-state index contributed by atoms with van der Waals surface area (Å²) >= 11 is 0. The van der Waals surface area contributed by atoms with Crippen LogP contribution in [0.25, 0.3) is 6.08 Å². The summed E-state index contributed by atoms with van der Waals surface area (Å²) in [4.78, 5) is 4.15. The normalized spacial score (nSPS) is 14.7. The van der Waals surface area contributed by atoms with E-state index in [1.165, 1.54) is 0 Å². The van der Waals surface area contributed by atoms with E-state index in [2.05, 4.69) is 15.9 Å². The second-order valence-corrected chi connectivity index (χ2v) is 11.0. The average Bonchev–Trinajstić information content (AvgIpc) is 2.72. The summed E-state index contributed by atoms with van der Waals surface area (Å²) in [6.07, 6.45) is 12.4. The fraction of sp³-hybridized carbons (Fsp3) is 0.455. The Kier molecular flexibility index (Phi) is 9.95. The van der Waals surface area contributed by atoms with E-state index in [1.54, 1.807) is 0 Å². The fourth-order valence-electron chi connectivity index (χ4n) is 3.23. The molecule has 1 aromatic carbocycles. The second-order valence-electron chi connectivity index (χ2n) is 7.85. The van der Waals surface area contributed by atoms with Gasteiger partial charge in [-0.05, 0) is 61.2 Å². The van der Waals surface area contributed by atoms with Crippen LogP contribution in [0.2, 0.25) is 0 Å². The minimum Gasteiger partial charge on any atom is -0.375 e. The topological polar surface area (TPSA) is 115 Å². The van der Waals surface area contributed by atoms with Crippen LogP contribution in [0.3, 0.4) is 0 Å². The summed E-state index contributed by atoms with van der Waals surface area (Å²) in [5.41, 5.74) is 3.20. The predicted octanol–water partition coefficient (Wildman–Crippen LogP) is 3.23. The van der Waals surface area contributed by atoms with Gasteiger partial charge in [0.05, 0.1) is 11.5 Å². The standard InChI is InChI=1S/C22H32N2O6S2/c1-23(14-2-4-18-31(25,26)27)22-10-8-20(9-11-22)6-7-21-12-16-24(17-13-21)15-3-5-19-32(28,29)30/h6-13,16H,2-5,14-15,17-19H2,1H3,(H,25,26,27)(H,28,29,30). The van der Waals surface area contributed by atoms with E-state index < -0.39 is 20.2 Å². The van der Waals surface area contributed by atoms with E-state index >= 15 is 0 Å². The van der Waals surface area contributed by atoms with E-state index in [1.807, 2.05) is 55.7 Å². The summed E-state index contributed by atoms with van der Waals surface area (Å²) in [5.74, 6) is -0.405. The summed E-state index contributed by atoms with van der Waals surface area (Å²) in [6.45, 7) is 2.20. The van der Waals surface area contributed by atoms with Crippen LogP contribution < -0.4 is 4.90 Å². The smallest absolute Gasteiger partial charge is 0.264 e. The summed E-state index contributed by atoms with van der Waals surface area (Å²) in [5, 5.41) is 0. The Morgan fingerprint density at radius 1 is 0.938 bits per heavy atom. The van der Waals surface area contributed by atoms with Crippen LogP contribution in [0.4, 0.5) is 5.69 Å². The van der Waals surface area contributed by atoms with Crippen LogP contribution >= 0.6 is 0 Å². The first-order valence-electron chi connectivity index (χ1n) is 10.5. The van der Waals surface area contributed by atoms with Gasteiger partial charge in [-0.1, -0.05) is 30.4 Å². The minimum atomic E-state index is -3.89. The first-order valence-corrected chi connectivity index (χ1v) is 13.8. The monoisotopic (exact) mass is 484 g/mol. The minimum absolute atomic E-state index is 0.197. The van der Waals surface area contributed by atoms with Gasteiger partial charge in [0.1, 0.15) is 0 Å². The molecule has 0 fully saturated rings. The van der Waals surface area contributed by atoms with Crippen molar-refractivity contribution in [3.63, 3.8) is 0 Å². The van der Waals surface area contributed by atoms with Gasteiger partial charge in [0.25, 0.3) is 20.2 Å². The summed E-state index contributed by atoms with van der Waals surface area (Å²) in [6, 6.07) is 8.08. The highest BCUT2D eigenvalue weighted by Gasteiger charge is 2.07. The van der Waals surface area contributed by atoms with Crippen LogP contribution in [-0.4, -0.2) is 69.0 Å². The molecule has 1 aromatic rings. The van der Waals surface area contributed by atoms with Crippen molar-refractivity contribution in [1.29, 1.82) is 0 Å². The van der Waals surface area contributed by atoms with E-state index in [0.717, 1.165) is 29.9 Å². The number of unbranched alkanes of at least 4 members (excludes halogenated alkanes) is 2. The van der Waals surface area contributed by atoms with Gasteiger partial charge in [0.15, 0.2) is 0 Å². The van der Waals surface area contributed by atoms with Crippen LogP contribution in [0.5, 0.6) is 0 Å². The Hall–Kier alpha value is -2.14. The fourth-order valence-corrected chi connectivity index (χ4v) is 4.36. The van der Waals surface area contributed by atoms with Crippen molar-refractivity contribution in [2.45, 2.75) is 25.7 Å². The molecule has 1 aliphatic heterocycles. The Morgan fingerprint density at radius 2 is 1.56 bits per heavy atom. The van der Waals surface area contributed by atoms with Crippen molar-refractivity contribution in [2.24, 2.45) is 0 Å². The van der Waals surface area contributed by atoms with Crippen LogP contribution in [0, 0.1) is 0 Å². The number of anilines is 1. The Bertz CT molecular complexity index is 1030.